The lowest BCUT2D eigenvalue weighted by molar-refractivity contribution is -0.113. The molecule has 0 saturated heterocycles. The lowest BCUT2D eigenvalue weighted by atomic mass is 10.3. The Balaban J connectivity index is 1.92. The van der Waals surface area contributed by atoms with Gasteiger partial charge in [-0.15, -0.1) is 11.8 Å². The summed E-state index contributed by atoms with van der Waals surface area (Å²) in [5, 5.41) is 2.77. The number of sulfonamides is 1. The van der Waals surface area contributed by atoms with Crippen LogP contribution in [0, 0.1) is 0 Å². The van der Waals surface area contributed by atoms with E-state index in [0.29, 0.717) is 17.9 Å². The minimum atomic E-state index is -3.53. The molecule has 0 spiro atoms. The summed E-state index contributed by atoms with van der Waals surface area (Å²) < 4.78 is 27.0. The standard InChI is InChI=1S/C18H22N2O3S2/c1-3-14(2)20-25(22,23)17-11-9-15(10-12-17)19-18(21)13-24-16-7-5-4-6-8-16/h4-12,14,20H,3,13H2,1-2H3,(H,19,21)/t14-/m1/s1. The van der Waals surface area contributed by atoms with Gasteiger partial charge in [0.15, 0.2) is 0 Å². The number of carbonyl (C=O) groups is 1. The van der Waals surface area contributed by atoms with Crippen molar-refractivity contribution in [1.29, 1.82) is 0 Å². The van der Waals surface area contributed by atoms with E-state index in [2.05, 4.69) is 10.0 Å². The third kappa shape index (κ3) is 6.19. The molecule has 0 radical (unpaired) electrons. The smallest absolute Gasteiger partial charge is 0.240 e. The monoisotopic (exact) mass is 378 g/mol. The Kier molecular flexibility index (Phi) is 7.04. The Morgan fingerprint density at radius 2 is 1.72 bits per heavy atom. The fourth-order valence-corrected chi connectivity index (χ4v) is 4.04. The Bertz CT molecular complexity index is 791. The third-order valence-corrected chi connectivity index (χ3v) is 6.15. The number of rotatable bonds is 8. The van der Waals surface area contributed by atoms with Crippen LogP contribution < -0.4 is 10.0 Å². The van der Waals surface area contributed by atoms with Gasteiger partial charge in [-0.1, -0.05) is 25.1 Å². The second-order valence-corrected chi connectivity index (χ2v) is 8.37. The average molecular weight is 379 g/mol. The van der Waals surface area contributed by atoms with Crippen molar-refractivity contribution in [3.8, 4) is 0 Å². The molecule has 0 heterocycles. The molecule has 25 heavy (non-hydrogen) atoms. The zero-order valence-corrected chi connectivity index (χ0v) is 15.9. The number of nitrogens with one attached hydrogen (secondary N) is 2. The van der Waals surface area contributed by atoms with Crippen LogP contribution in [-0.2, 0) is 14.8 Å². The van der Waals surface area contributed by atoms with Crippen LogP contribution in [0.5, 0.6) is 0 Å². The second kappa shape index (κ2) is 9.03. The minimum absolute atomic E-state index is 0.126. The number of amides is 1. The highest BCUT2D eigenvalue weighted by molar-refractivity contribution is 8.00. The molecule has 2 aromatic carbocycles. The molecule has 0 aliphatic carbocycles. The summed E-state index contributed by atoms with van der Waals surface area (Å²) in [7, 11) is -3.53. The minimum Gasteiger partial charge on any atom is -0.325 e. The maximum atomic E-state index is 12.2. The van der Waals surface area contributed by atoms with Gasteiger partial charge in [-0.25, -0.2) is 13.1 Å². The van der Waals surface area contributed by atoms with Gasteiger partial charge in [0.2, 0.25) is 15.9 Å². The number of hydrogen-bond donors (Lipinski definition) is 2. The molecule has 0 aliphatic heterocycles. The van der Waals surface area contributed by atoms with E-state index < -0.39 is 10.0 Å². The topological polar surface area (TPSA) is 75.3 Å². The predicted molar refractivity (Wildman–Crippen MR) is 102 cm³/mol. The molecular weight excluding hydrogens is 356 g/mol. The van der Waals surface area contributed by atoms with Gasteiger partial charge in [0.25, 0.3) is 0 Å². The quantitative estimate of drug-likeness (QED) is 0.690. The van der Waals surface area contributed by atoms with Crippen molar-refractivity contribution in [2.75, 3.05) is 11.1 Å². The van der Waals surface area contributed by atoms with Crippen LogP contribution in [0.1, 0.15) is 20.3 Å². The van der Waals surface area contributed by atoms with Crippen molar-refractivity contribution in [2.24, 2.45) is 0 Å². The summed E-state index contributed by atoms with van der Waals surface area (Å²) in [6, 6.07) is 15.7. The van der Waals surface area contributed by atoms with E-state index in [9.17, 15) is 13.2 Å². The van der Waals surface area contributed by atoms with E-state index in [0.717, 1.165) is 4.90 Å². The first-order valence-corrected chi connectivity index (χ1v) is 10.5. The predicted octanol–water partition coefficient (Wildman–Crippen LogP) is 3.49. The number of thioether (sulfide) groups is 1. The maximum absolute atomic E-state index is 12.2. The third-order valence-electron chi connectivity index (χ3n) is 3.53. The molecule has 0 saturated carbocycles. The molecule has 7 heteroatoms. The molecular formula is C18H22N2O3S2. The van der Waals surface area contributed by atoms with Crippen molar-refractivity contribution in [2.45, 2.75) is 36.1 Å². The number of carbonyl (C=O) groups excluding carboxylic acids is 1. The summed E-state index contributed by atoms with van der Waals surface area (Å²) >= 11 is 1.45. The van der Waals surface area contributed by atoms with Crippen LogP contribution in [0.25, 0.3) is 0 Å². The lowest BCUT2D eigenvalue weighted by Gasteiger charge is -2.12. The first-order valence-electron chi connectivity index (χ1n) is 8.01. The molecule has 0 aromatic heterocycles. The SMILES string of the molecule is CC[C@@H](C)NS(=O)(=O)c1ccc(NC(=O)CSc2ccccc2)cc1. The molecule has 134 valence electrons. The Morgan fingerprint density at radius 3 is 2.32 bits per heavy atom. The molecule has 2 N–H and O–H groups in total. The number of hydrogen-bond acceptors (Lipinski definition) is 4. The first-order chi connectivity index (χ1) is 11.9. The van der Waals surface area contributed by atoms with Gasteiger partial charge in [0.05, 0.1) is 10.6 Å². The highest BCUT2D eigenvalue weighted by Gasteiger charge is 2.16. The second-order valence-electron chi connectivity index (χ2n) is 5.60. The lowest BCUT2D eigenvalue weighted by Crippen LogP contribution is -2.31. The van der Waals surface area contributed by atoms with Crippen LogP contribution in [0.4, 0.5) is 5.69 Å². The molecule has 2 aromatic rings. The molecule has 0 unspecified atom stereocenters. The number of anilines is 1. The van der Waals surface area contributed by atoms with Crippen LogP contribution in [-0.4, -0.2) is 26.1 Å². The van der Waals surface area contributed by atoms with Crippen molar-refractivity contribution in [1.82, 2.24) is 4.72 Å². The first kappa shape index (κ1) is 19.5. The summed E-state index contributed by atoms with van der Waals surface area (Å²) in [6.45, 7) is 3.73. The zero-order valence-electron chi connectivity index (χ0n) is 14.2. The largest absolute Gasteiger partial charge is 0.325 e. The van der Waals surface area contributed by atoms with Crippen LogP contribution in [0.2, 0.25) is 0 Å². The van der Waals surface area contributed by atoms with E-state index in [-0.39, 0.29) is 16.8 Å². The van der Waals surface area contributed by atoms with Gasteiger partial charge in [0.1, 0.15) is 0 Å². The van der Waals surface area contributed by atoms with E-state index >= 15 is 0 Å². The van der Waals surface area contributed by atoms with E-state index in [1.54, 1.807) is 12.1 Å². The zero-order chi connectivity index (χ0) is 18.3. The number of benzene rings is 2. The van der Waals surface area contributed by atoms with Gasteiger partial charge in [-0.2, -0.15) is 0 Å². The van der Waals surface area contributed by atoms with Gasteiger partial charge in [-0.05, 0) is 49.7 Å². The van der Waals surface area contributed by atoms with E-state index in [1.165, 1.54) is 23.9 Å². The molecule has 0 bridgehead atoms. The Morgan fingerprint density at radius 1 is 1.08 bits per heavy atom. The Labute approximate surface area is 153 Å². The highest BCUT2D eigenvalue weighted by atomic mass is 32.2. The fraction of sp³-hybridized carbons (Fsp3) is 0.278. The molecule has 5 nitrogen and oxygen atoms in total. The van der Waals surface area contributed by atoms with Crippen molar-refractivity contribution >= 4 is 33.4 Å². The average Bonchev–Trinajstić information content (AvgIpc) is 2.61. The molecule has 1 amide bonds. The summed E-state index contributed by atoms with van der Waals surface area (Å²) in [4.78, 5) is 13.2. The summed E-state index contributed by atoms with van der Waals surface area (Å²) in [5.74, 6) is 0.154. The maximum Gasteiger partial charge on any atom is 0.240 e. The Hall–Kier alpha value is -1.83. The molecule has 0 aliphatic rings. The molecule has 1 atom stereocenters. The van der Waals surface area contributed by atoms with Gasteiger partial charge >= 0.3 is 0 Å². The van der Waals surface area contributed by atoms with Gasteiger partial charge < -0.3 is 5.32 Å². The van der Waals surface area contributed by atoms with Gasteiger partial charge in [0, 0.05) is 16.6 Å². The summed E-state index contributed by atoms with van der Waals surface area (Å²) in [5.41, 5.74) is 0.571. The highest BCUT2D eigenvalue weighted by Crippen LogP contribution is 2.18. The van der Waals surface area contributed by atoms with Crippen molar-refractivity contribution < 1.29 is 13.2 Å². The van der Waals surface area contributed by atoms with Crippen molar-refractivity contribution in [3.05, 3.63) is 54.6 Å². The summed E-state index contributed by atoms with van der Waals surface area (Å²) in [6.07, 6.45) is 0.715. The van der Waals surface area contributed by atoms with E-state index in [1.807, 2.05) is 44.2 Å². The molecule has 2 rings (SSSR count). The fourth-order valence-electron chi connectivity index (χ4n) is 2.00. The van der Waals surface area contributed by atoms with Crippen LogP contribution >= 0.6 is 11.8 Å². The van der Waals surface area contributed by atoms with Crippen molar-refractivity contribution in [3.63, 3.8) is 0 Å². The van der Waals surface area contributed by atoms with Crippen LogP contribution in [0.15, 0.2) is 64.4 Å². The van der Waals surface area contributed by atoms with E-state index in [4.69, 9.17) is 0 Å². The normalized spacial score (nSPS) is 12.6. The van der Waals surface area contributed by atoms with Gasteiger partial charge in [-0.3, -0.25) is 4.79 Å². The molecule has 0 fully saturated rings. The van der Waals surface area contributed by atoms with Crippen LogP contribution in [0.3, 0.4) is 0 Å².